The van der Waals surface area contributed by atoms with Crippen molar-refractivity contribution >= 4 is 11.9 Å². The summed E-state index contributed by atoms with van der Waals surface area (Å²) in [7, 11) is 1.34. The molecule has 2 aliphatic heterocycles. The van der Waals surface area contributed by atoms with Gasteiger partial charge in [0.15, 0.2) is 5.69 Å². The first kappa shape index (κ1) is 24.0. The lowest BCUT2D eigenvalue weighted by atomic mass is 9.99. The first-order valence-corrected chi connectivity index (χ1v) is 12.7. The van der Waals surface area contributed by atoms with Crippen LogP contribution in [-0.4, -0.2) is 46.4 Å². The highest BCUT2D eigenvalue weighted by atomic mass is 19.1. The van der Waals surface area contributed by atoms with Crippen LogP contribution in [0.1, 0.15) is 71.9 Å². The number of piperidine rings is 1. The van der Waals surface area contributed by atoms with E-state index in [1.165, 1.54) is 25.3 Å². The fourth-order valence-electron chi connectivity index (χ4n) is 5.72. The second-order valence-electron chi connectivity index (χ2n) is 10.1. The molecule has 1 aromatic carbocycles. The zero-order chi connectivity index (χ0) is 25.7. The molecule has 3 atom stereocenters. The first-order chi connectivity index (χ1) is 17.9. The Balaban J connectivity index is 1.21. The number of anilines is 1. The molecule has 0 amide bonds. The van der Waals surface area contributed by atoms with E-state index < -0.39 is 17.6 Å². The van der Waals surface area contributed by atoms with Crippen LogP contribution in [0, 0.1) is 18.6 Å². The zero-order valence-electron chi connectivity index (χ0n) is 20.7. The molecule has 3 aromatic rings. The number of aryl methyl sites for hydroxylation is 1. The fraction of sp³-hybridized carbons (Fsp3) is 0.481. The lowest BCUT2D eigenvalue weighted by Crippen LogP contribution is -2.46. The number of carbonyl (C=O) groups excluding carboxylic acids is 1. The van der Waals surface area contributed by atoms with Crippen LogP contribution in [0.4, 0.5) is 14.7 Å². The van der Waals surface area contributed by atoms with Gasteiger partial charge in [-0.05, 0) is 63.6 Å². The molecule has 10 heteroatoms. The maximum Gasteiger partial charge on any atom is 0.356 e. The number of hydrogen-bond donors (Lipinski definition) is 0. The Kier molecular flexibility index (Phi) is 6.14. The van der Waals surface area contributed by atoms with Crippen molar-refractivity contribution < 1.29 is 27.6 Å². The van der Waals surface area contributed by atoms with Crippen LogP contribution in [0.25, 0.3) is 11.3 Å². The topological polar surface area (TPSA) is 90.6 Å². The molecular formula is C27H28F2N4O4. The number of methoxy groups -OCH3 is 1. The summed E-state index contributed by atoms with van der Waals surface area (Å²) in [6.45, 7) is 2.01. The maximum atomic E-state index is 14.6. The van der Waals surface area contributed by atoms with Crippen LogP contribution in [0.15, 0.2) is 28.8 Å². The van der Waals surface area contributed by atoms with Gasteiger partial charge in [0, 0.05) is 29.3 Å². The van der Waals surface area contributed by atoms with Gasteiger partial charge in [0.25, 0.3) is 0 Å². The van der Waals surface area contributed by atoms with Crippen molar-refractivity contribution in [3.05, 3.63) is 58.6 Å². The van der Waals surface area contributed by atoms with Gasteiger partial charge in [-0.3, -0.25) is 0 Å². The molecule has 1 aliphatic carbocycles. The van der Waals surface area contributed by atoms with Gasteiger partial charge in [-0.2, -0.15) is 0 Å². The van der Waals surface area contributed by atoms with Crippen molar-refractivity contribution in [2.45, 2.75) is 76.2 Å². The molecular weight excluding hydrogens is 482 g/mol. The molecule has 6 rings (SSSR count). The Hall–Kier alpha value is -3.40. The number of rotatable bonds is 7. The number of aromatic nitrogens is 3. The molecule has 0 spiro atoms. The van der Waals surface area contributed by atoms with Crippen molar-refractivity contribution in [2.24, 2.45) is 0 Å². The van der Waals surface area contributed by atoms with Crippen molar-refractivity contribution in [3.8, 4) is 11.3 Å². The van der Waals surface area contributed by atoms with Crippen molar-refractivity contribution in [3.63, 3.8) is 0 Å². The highest BCUT2D eigenvalue weighted by Crippen LogP contribution is 2.45. The van der Waals surface area contributed by atoms with Gasteiger partial charge >= 0.3 is 5.97 Å². The van der Waals surface area contributed by atoms with Gasteiger partial charge in [0.1, 0.15) is 23.1 Å². The Morgan fingerprint density at radius 3 is 2.46 bits per heavy atom. The summed E-state index contributed by atoms with van der Waals surface area (Å²) >= 11 is 0. The van der Waals surface area contributed by atoms with E-state index in [-0.39, 0.29) is 47.7 Å². The number of hydrogen-bond acceptors (Lipinski definition) is 8. The van der Waals surface area contributed by atoms with E-state index in [2.05, 4.69) is 20.0 Å². The molecule has 3 fully saturated rings. The molecule has 37 heavy (non-hydrogen) atoms. The van der Waals surface area contributed by atoms with Crippen LogP contribution in [-0.2, 0) is 16.1 Å². The fourth-order valence-corrected chi connectivity index (χ4v) is 5.72. The molecule has 8 nitrogen and oxygen atoms in total. The number of halogens is 2. The third-order valence-corrected chi connectivity index (χ3v) is 7.59. The standard InChI is InChI=1S/C27H28F2N4O4/c1-14-10-22(26(34)35-2)31-27(30-14)33-16-8-9-17(33)12-18(11-16)36-13-19-24(32-37-25(19)15-6-7-15)23-20(28)4-3-5-21(23)29/h3-5,10,15-18H,6-9,11-13H2,1-2H3/t16-,17+,18?. The predicted octanol–water partition coefficient (Wildman–Crippen LogP) is 5.10. The molecule has 4 heterocycles. The maximum absolute atomic E-state index is 14.6. The molecule has 3 aliphatic rings. The summed E-state index contributed by atoms with van der Waals surface area (Å²) in [6, 6.07) is 5.75. The Morgan fingerprint density at radius 2 is 1.81 bits per heavy atom. The number of fused-ring (bicyclic) bond motifs is 2. The molecule has 1 unspecified atom stereocenters. The Labute approximate surface area is 213 Å². The number of esters is 1. The molecule has 0 radical (unpaired) electrons. The van der Waals surface area contributed by atoms with Crippen molar-refractivity contribution in [2.75, 3.05) is 12.0 Å². The summed E-state index contributed by atoms with van der Waals surface area (Å²) in [5, 5.41) is 4.07. The number of carbonyl (C=O) groups is 1. The first-order valence-electron chi connectivity index (χ1n) is 12.7. The zero-order valence-corrected chi connectivity index (χ0v) is 20.7. The summed E-state index contributed by atoms with van der Waals surface area (Å²) in [6.07, 6.45) is 5.36. The van der Waals surface area contributed by atoms with Crippen LogP contribution < -0.4 is 4.90 Å². The Bertz CT molecular complexity index is 1310. The minimum absolute atomic E-state index is 0.0427. The Morgan fingerprint density at radius 1 is 1.11 bits per heavy atom. The number of benzene rings is 1. The molecule has 2 bridgehead atoms. The normalized spacial score (nSPS) is 22.9. The van der Waals surface area contributed by atoms with Gasteiger partial charge in [0.05, 0.1) is 25.4 Å². The molecule has 194 valence electrons. The van der Waals surface area contributed by atoms with E-state index in [0.29, 0.717) is 23.0 Å². The monoisotopic (exact) mass is 510 g/mol. The van der Waals surface area contributed by atoms with Crippen LogP contribution in [0.3, 0.4) is 0 Å². The van der Waals surface area contributed by atoms with Crippen LogP contribution >= 0.6 is 0 Å². The van der Waals surface area contributed by atoms with E-state index in [9.17, 15) is 13.6 Å². The lowest BCUT2D eigenvalue weighted by molar-refractivity contribution is 0.0144. The van der Waals surface area contributed by atoms with Gasteiger partial charge < -0.3 is 18.9 Å². The molecule has 2 saturated heterocycles. The SMILES string of the molecule is COC(=O)c1cc(C)nc(N2[C@@H]3CC[C@H]2CC(OCc2c(-c4c(F)cccc4F)noc2C2CC2)C3)n1. The van der Waals surface area contributed by atoms with Crippen molar-refractivity contribution in [1.29, 1.82) is 0 Å². The van der Waals surface area contributed by atoms with Crippen molar-refractivity contribution in [1.82, 2.24) is 15.1 Å². The van der Waals surface area contributed by atoms with Gasteiger partial charge in [-0.15, -0.1) is 0 Å². The third-order valence-electron chi connectivity index (χ3n) is 7.59. The summed E-state index contributed by atoms with van der Waals surface area (Å²) in [5.74, 6) is -0.407. The highest BCUT2D eigenvalue weighted by molar-refractivity contribution is 5.87. The second-order valence-corrected chi connectivity index (χ2v) is 10.1. The lowest BCUT2D eigenvalue weighted by Gasteiger charge is -2.39. The van der Waals surface area contributed by atoms with E-state index >= 15 is 0 Å². The van der Waals surface area contributed by atoms with Crippen LogP contribution in [0.5, 0.6) is 0 Å². The molecule has 0 N–H and O–H groups in total. The average Bonchev–Trinajstić information content (AvgIpc) is 3.59. The number of nitrogens with zero attached hydrogens (tertiary/aromatic N) is 4. The molecule has 1 saturated carbocycles. The largest absolute Gasteiger partial charge is 0.464 e. The minimum atomic E-state index is -0.673. The highest BCUT2D eigenvalue weighted by Gasteiger charge is 2.43. The van der Waals surface area contributed by atoms with Gasteiger partial charge in [-0.25, -0.2) is 23.5 Å². The van der Waals surface area contributed by atoms with E-state index in [1.807, 2.05) is 6.92 Å². The summed E-state index contributed by atoms with van der Waals surface area (Å²) < 4.78 is 45.9. The summed E-state index contributed by atoms with van der Waals surface area (Å²) in [4.78, 5) is 23.4. The van der Waals surface area contributed by atoms with Gasteiger partial charge in [0.2, 0.25) is 5.95 Å². The van der Waals surface area contributed by atoms with E-state index in [1.54, 1.807) is 6.07 Å². The van der Waals surface area contributed by atoms with E-state index in [0.717, 1.165) is 38.5 Å². The predicted molar refractivity (Wildman–Crippen MR) is 129 cm³/mol. The molecule has 2 aromatic heterocycles. The number of ether oxygens (including phenoxy) is 2. The minimum Gasteiger partial charge on any atom is -0.464 e. The second kappa shape index (κ2) is 9.48. The quantitative estimate of drug-likeness (QED) is 0.406. The average molecular weight is 511 g/mol. The third kappa shape index (κ3) is 4.47. The smallest absolute Gasteiger partial charge is 0.356 e. The van der Waals surface area contributed by atoms with E-state index in [4.69, 9.17) is 14.0 Å². The van der Waals surface area contributed by atoms with Gasteiger partial charge in [-0.1, -0.05) is 11.2 Å². The summed E-state index contributed by atoms with van der Waals surface area (Å²) in [5.41, 5.74) is 1.59. The van der Waals surface area contributed by atoms with Crippen LogP contribution in [0.2, 0.25) is 0 Å².